The number of rotatable bonds is 8. The van der Waals surface area contributed by atoms with Crippen molar-refractivity contribution >= 4 is 17.3 Å². The molecule has 0 saturated carbocycles. The lowest BCUT2D eigenvalue weighted by molar-refractivity contribution is -0.147. The normalized spacial score (nSPS) is 21.5. The quantitative estimate of drug-likeness (QED) is 0.260. The van der Waals surface area contributed by atoms with Crippen molar-refractivity contribution in [1.82, 2.24) is 14.8 Å². The van der Waals surface area contributed by atoms with Crippen LogP contribution in [0, 0.1) is 24.1 Å². The molecule has 2 saturated heterocycles. The number of hydrogen-bond acceptors (Lipinski definition) is 5. The van der Waals surface area contributed by atoms with Gasteiger partial charge in [-0.15, -0.1) is 11.3 Å². The summed E-state index contributed by atoms with van der Waals surface area (Å²) >= 11 is 1.61. The smallest absolute Gasteiger partial charge is 0.416 e. The van der Waals surface area contributed by atoms with Crippen LogP contribution in [0.15, 0.2) is 48.5 Å². The Balaban J connectivity index is 1.25. The van der Waals surface area contributed by atoms with Gasteiger partial charge in [0.25, 0.3) is 0 Å². The Morgan fingerprint density at radius 2 is 1.77 bits per heavy atom. The van der Waals surface area contributed by atoms with E-state index in [1.54, 1.807) is 29.5 Å². The summed E-state index contributed by atoms with van der Waals surface area (Å²) in [7, 11) is 0. The molecule has 44 heavy (non-hydrogen) atoms. The van der Waals surface area contributed by atoms with Gasteiger partial charge in [-0.2, -0.15) is 13.2 Å². The van der Waals surface area contributed by atoms with Gasteiger partial charge in [0.05, 0.1) is 16.3 Å². The number of aliphatic carboxylic acids is 1. The average Bonchev–Trinajstić information content (AvgIpc) is 3.50. The van der Waals surface area contributed by atoms with Crippen LogP contribution in [0.25, 0.3) is 0 Å². The van der Waals surface area contributed by atoms with Crippen LogP contribution >= 0.6 is 11.3 Å². The molecule has 5 rings (SSSR count). The van der Waals surface area contributed by atoms with E-state index in [1.165, 1.54) is 23.1 Å². The van der Waals surface area contributed by atoms with E-state index in [0.29, 0.717) is 31.0 Å². The molecule has 2 fully saturated rings. The fourth-order valence-electron chi connectivity index (χ4n) is 7.15. The average molecular weight is 632 g/mol. The Kier molecular flexibility index (Phi) is 9.54. The van der Waals surface area contributed by atoms with Crippen molar-refractivity contribution in [3.63, 3.8) is 0 Å². The van der Waals surface area contributed by atoms with E-state index in [1.807, 2.05) is 33.8 Å². The van der Waals surface area contributed by atoms with Gasteiger partial charge >= 0.3 is 12.1 Å². The summed E-state index contributed by atoms with van der Waals surface area (Å²) in [5.74, 6) is -0.560. The molecule has 0 bridgehead atoms. The number of halogens is 4. The summed E-state index contributed by atoms with van der Waals surface area (Å²) in [6.45, 7) is 11.6. The van der Waals surface area contributed by atoms with E-state index in [2.05, 4.69) is 9.80 Å². The molecule has 2 aromatic carbocycles. The second-order valence-electron chi connectivity index (χ2n) is 13.5. The monoisotopic (exact) mass is 631 g/mol. The Morgan fingerprint density at radius 1 is 1.07 bits per heavy atom. The molecule has 0 unspecified atom stereocenters. The highest BCUT2D eigenvalue weighted by atomic mass is 32.1. The minimum absolute atomic E-state index is 0.0368. The molecule has 238 valence electrons. The molecule has 3 aromatic rings. The zero-order valence-corrected chi connectivity index (χ0v) is 26.5. The standard InChI is InChI=1S/C34H41F4N3O2S/c1-21-30(44-29(39-21)16-22-7-5-9-26(15-22)34(36,37)38)23-11-13-40(14-12-23)18-25-19-41(31(32(42)43)33(2,3)4)20-28(25)24-8-6-10-27(35)17-24/h5-10,15,17,23,25,28,31H,11-14,16,18-20H2,1-4H3,(H,42,43)/t25-,28+,31-/m0/s1. The van der Waals surface area contributed by atoms with E-state index in [9.17, 15) is 27.5 Å². The van der Waals surface area contributed by atoms with Gasteiger partial charge in [0.2, 0.25) is 0 Å². The maximum atomic E-state index is 14.2. The first-order chi connectivity index (χ1) is 20.7. The van der Waals surface area contributed by atoms with Crippen LogP contribution in [0.4, 0.5) is 17.6 Å². The number of benzene rings is 2. The highest BCUT2D eigenvalue weighted by Gasteiger charge is 2.44. The number of alkyl halides is 3. The first-order valence-electron chi connectivity index (χ1n) is 15.3. The van der Waals surface area contributed by atoms with Crippen LogP contribution in [0.2, 0.25) is 0 Å². The van der Waals surface area contributed by atoms with Gasteiger partial charge in [-0.25, -0.2) is 9.37 Å². The highest BCUT2D eigenvalue weighted by Crippen LogP contribution is 2.40. The Hall–Kier alpha value is -2.82. The minimum Gasteiger partial charge on any atom is -0.480 e. The third-order valence-electron chi connectivity index (χ3n) is 9.10. The van der Waals surface area contributed by atoms with E-state index in [4.69, 9.17) is 4.98 Å². The summed E-state index contributed by atoms with van der Waals surface area (Å²) in [5, 5.41) is 10.9. The largest absolute Gasteiger partial charge is 0.480 e. The Morgan fingerprint density at radius 3 is 2.41 bits per heavy atom. The zero-order valence-electron chi connectivity index (χ0n) is 25.7. The number of nitrogens with zero attached hydrogens (tertiary/aromatic N) is 3. The summed E-state index contributed by atoms with van der Waals surface area (Å²) in [6.07, 6.45) is -2.09. The molecule has 5 nitrogen and oxygen atoms in total. The third-order valence-corrected chi connectivity index (χ3v) is 10.4. The summed E-state index contributed by atoms with van der Waals surface area (Å²) in [4.78, 5) is 22.8. The molecule has 3 heterocycles. The maximum absolute atomic E-state index is 14.2. The number of aryl methyl sites for hydroxylation is 1. The molecule has 3 atom stereocenters. The van der Waals surface area contributed by atoms with Crippen LogP contribution < -0.4 is 0 Å². The molecule has 10 heteroatoms. The van der Waals surface area contributed by atoms with E-state index in [0.717, 1.165) is 54.8 Å². The number of piperidine rings is 1. The minimum atomic E-state index is -4.37. The van der Waals surface area contributed by atoms with Crippen LogP contribution in [0.1, 0.15) is 77.7 Å². The summed E-state index contributed by atoms with van der Waals surface area (Å²) in [5.41, 5.74) is 1.38. The molecular weight excluding hydrogens is 590 g/mol. The number of carboxylic acids is 1. The first kappa shape index (κ1) is 32.6. The molecule has 0 spiro atoms. The van der Waals surface area contributed by atoms with Crippen LogP contribution in [0.3, 0.4) is 0 Å². The lowest BCUT2D eigenvalue weighted by Gasteiger charge is -2.36. The second kappa shape index (κ2) is 12.9. The van der Waals surface area contributed by atoms with Crippen LogP contribution in [-0.4, -0.2) is 64.6 Å². The number of carbonyl (C=O) groups is 1. The molecule has 0 aliphatic carbocycles. The van der Waals surface area contributed by atoms with Crippen molar-refractivity contribution < 1.29 is 27.5 Å². The number of hydrogen-bond donors (Lipinski definition) is 1. The van der Waals surface area contributed by atoms with Crippen molar-refractivity contribution in [2.45, 2.75) is 71.0 Å². The topological polar surface area (TPSA) is 56.7 Å². The fraction of sp³-hybridized carbons (Fsp3) is 0.529. The van der Waals surface area contributed by atoms with Gasteiger partial charge in [-0.05, 0) is 79.4 Å². The maximum Gasteiger partial charge on any atom is 0.416 e. The predicted octanol–water partition coefficient (Wildman–Crippen LogP) is 7.59. The lowest BCUT2D eigenvalue weighted by Crippen LogP contribution is -2.48. The number of carboxylic acid groups (broad SMARTS) is 1. The van der Waals surface area contributed by atoms with Gasteiger partial charge in [0.1, 0.15) is 11.9 Å². The fourth-order valence-corrected chi connectivity index (χ4v) is 8.42. The van der Waals surface area contributed by atoms with Gasteiger partial charge in [0.15, 0.2) is 0 Å². The third kappa shape index (κ3) is 7.51. The Bertz CT molecular complexity index is 1460. The van der Waals surface area contributed by atoms with E-state index < -0.39 is 29.2 Å². The molecule has 1 N–H and O–H groups in total. The van der Waals surface area contributed by atoms with E-state index >= 15 is 0 Å². The highest BCUT2D eigenvalue weighted by molar-refractivity contribution is 7.11. The second-order valence-corrected chi connectivity index (χ2v) is 14.6. The van der Waals surface area contributed by atoms with Gasteiger partial charge in [-0.3, -0.25) is 9.69 Å². The van der Waals surface area contributed by atoms with E-state index in [-0.39, 0.29) is 17.7 Å². The molecular formula is C34H41F4N3O2S. The van der Waals surface area contributed by atoms with Gasteiger partial charge in [-0.1, -0.05) is 51.1 Å². The van der Waals surface area contributed by atoms with Gasteiger partial charge in [0, 0.05) is 36.9 Å². The molecule has 0 amide bonds. The van der Waals surface area contributed by atoms with Crippen molar-refractivity contribution in [1.29, 1.82) is 0 Å². The number of thiazole rings is 1. The van der Waals surface area contributed by atoms with Crippen molar-refractivity contribution in [2.24, 2.45) is 11.3 Å². The first-order valence-corrected chi connectivity index (χ1v) is 16.1. The predicted molar refractivity (Wildman–Crippen MR) is 165 cm³/mol. The zero-order chi connectivity index (χ0) is 31.8. The molecule has 2 aliphatic heterocycles. The molecule has 1 aromatic heterocycles. The molecule has 0 radical (unpaired) electrons. The number of likely N-dealkylation sites (tertiary alicyclic amines) is 2. The molecule has 2 aliphatic rings. The lowest BCUT2D eigenvalue weighted by atomic mass is 9.85. The SMILES string of the molecule is Cc1nc(Cc2cccc(C(F)(F)F)c2)sc1C1CCN(C[C@H]2CN([C@@H](C(=O)O)C(C)(C)C)C[C@@H]2c2cccc(F)c2)CC1. The van der Waals surface area contributed by atoms with Gasteiger partial charge < -0.3 is 10.0 Å². The summed E-state index contributed by atoms with van der Waals surface area (Å²) in [6, 6.07) is 11.5. The van der Waals surface area contributed by atoms with Crippen LogP contribution in [0.5, 0.6) is 0 Å². The van der Waals surface area contributed by atoms with Crippen molar-refractivity contribution in [3.8, 4) is 0 Å². The summed E-state index contributed by atoms with van der Waals surface area (Å²) < 4.78 is 53.8. The van der Waals surface area contributed by atoms with Crippen LogP contribution in [-0.2, 0) is 17.4 Å². The Labute approximate surface area is 260 Å². The number of aromatic nitrogens is 1. The van der Waals surface area contributed by atoms with Crippen molar-refractivity contribution in [2.75, 3.05) is 32.7 Å². The van der Waals surface area contributed by atoms with Crippen molar-refractivity contribution in [3.05, 3.63) is 86.6 Å².